The monoisotopic (exact) mass is 359 g/mol. The van der Waals surface area contributed by atoms with Gasteiger partial charge in [-0.3, -0.25) is 9.59 Å². The number of benzene rings is 2. The summed E-state index contributed by atoms with van der Waals surface area (Å²) in [5, 5.41) is 0.737. The van der Waals surface area contributed by atoms with Gasteiger partial charge in [0.2, 0.25) is 5.91 Å². The van der Waals surface area contributed by atoms with Crippen LogP contribution in [0.4, 0.5) is 5.69 Å². The van der Waals surface area contributed by atoms with Crippen LogP contribution in [0.3, 0.4) is 0 Å². The molecule has 0 N–H and O–H groups in total. The van der Waals surface area contributed by atoms with Gasteiger partial charge in [0, 0.05) is 34.1 Å². The molecule has 0 saturated heterocycles. The lowest BCUT2D eigenvalue weighted by atomic mass is 9.96. The third kappa shape index (κ3) is 3.82. The van der Waals surface area contributed by atoms with Crippen molar-refractivity contribution in [3.63, 3.8) is 0 Å². The summed E-state index contributed by atoms with van der Waals surface area (Å²) in [4.78, 5) is 26.5. The fraction of sp³-hybridized carbons (Fsp3) is 0.263. The van der Waals surface area contributed by atoms with E-state index in [-0.39, 0.29) is 5.91 Å². The maximum atomic E-state index is 12.3. The first-order valence-electron chi connectivity index (χ1n) is 7.95. The number of carbonyl (C=O) groups is 2. The number of hydrogen-bond donors (Lipinski definition) is 0. The van der Waals surface area contributed by atoms with E-state index in [1.54, 1.807) is 11.8 Å². The summed E-state index contributed by atoms with van der Waals surface area (Å²) in [5.74, 6) is 1.07. The number of aldehydes is 1. The van der Waals surface area contributed by atoms with Crippen LogP contribution in [0, 0.1) is 0 Å². The lowest BCUT2D eigenvalue weighted by Crippen LogP contribution is -2.36. The Morgan fingerprint density at radius 3 is 2.67 bits per heavy atom. The molecule has 3 rings (SSSR count). The van der Waals surface area contributed by atoms with Gasteiger partial charge in [-0.25, -0.2) is 0 Å². The van der Waals surface area contributed by atoms with Crippen LogP contribution in [-0.2, 0) is 11.2 Å². The molecular weight excluding hydrogens is 342 g/mol. The average molecular weight is 360 g/mol. The fourth-order valence-electron chi connectivity index (χ4n) is 2.92. The Hall–Kier alpha value is -1.78. The minimum atomic E-state index is 0.141. The molecule has 1 aliphatic rings. The average Bonchev–Trinajstić information content (AvgIpc) is 2.61. The molecule has 0 atom stereocenters. The highest BCUT2D eigenvalue weighted by Gasteiger charge is 2.25. The molecule has 0 aliphatic carbocycles. The summed E-state index contributed by atoms with van der Waals surface area (Å²) in [6, 6.07) is 13.4. The molecule has 5 heteroatoms. The van der Waals surface area contributed by atoms with E-state index in [0.717, 1.165) is 34.7 Å². The zero-order chi connectivity index (χ0) is 16.9. The molecule has 0 aromatic heterocycles. The summed E-state index contributed by atoms with van der Waals surface area (Å²) in [6.45, 7) is 0.675. The third-order valence-electron chi connectivity index (χ3n) is 4.10. The van der Waals surface area contributed by atoms with Crippen LogP contribution < -0.4 is 4.90 Å². The number of amides is 1. The molecule has 124 valence electrons. The van der Waals surface area contributed by atoms with Gasteiger partial charge in [0.15, 0.2) is 0 Å². The van der Waals surface area contributed by atoms with Crippen LogP contribution >= 0.6 is 23.4 Å². The Morgan fingerprint density at radius 2 is 1.92 bits per heavy atom. The van der Waals surface area contributed by atoms with Crippen molar-refractivity contribution in [1.82, 2.24) is 0 Å². The highest BCUT2D eigenvalue weighted by molar-refractivity contribution is 7.99. The summed E-state index contributed by atoms with van der Waals surface area (Å²) in [7, 11) is 0. The van der Waals surface area contributed by atoms with Crippen molar-refractivity contribution in [3.8, 4) is 0 Å². The molecule has 0 bridgehead atoms. The number of rotatable bonds is 6. The van der Waals surface area contributed by atoms with Gasteiger partial charge in [-0.05, 0) is 54.5 Å². The number of halogens is 1. The first-order valence-corrected chi connectivity index (χ1v) is 9.31. The number of carbonyl (C=O) groups excluding carboxylic acids is 2. The topological polar surface area (TPSA) is 37.4 Å². The van der Waals surface area contributed by atoms with Crippen LogP contribution in [0.2, 0.25) is 5.02 Å². The Bertz CT molecular complexity index is 746. The van der Waals surface area contributed by atoms with Crippen molar-refractivity contribution in [1.29, 1.82) is 0 Å². The normalized spacial score (nSPS) is 13.7. The van der Waals surface area contributed by atoms with Crippen molar-refractivity contribution in [3.05, 3.63) is 58.6 Å². The Balaban J connectivity index is 1.62. The molecule has 0 saturated carbocycles. The molecule has 1 heterocycles. The molecule has 2 aromatic rings. The second-order valence-electron chi connectivity index (χ2n) is 5.66. The molecule has 3 nitrogen and oxygen atoms in total. The summed E-state index contributed by atoms with van der Waals surface area (Å²) in [6.07, 6.45) is 2.90. The van der Waals surface area contributed by atoms with E-state index >= 15 is 0 Å². The molecule has 1 amide bonds. The smallest absolute Gasteiger partial charge is 0.227 e. The van der Waals surface area contributed by atoms with Gasteiger partial charge >= 0.3 is 0 Å². The van der Waals surface area contributed by atoms with Gasteiger partial charge in [-0.1, -0.05) is 23.7 Å². The van der Waals surface area contributed by atoms with E-state index in [0.29, 0.717) is 24.9 Å². The van der Waals surface area contributed by atoms with Gasteiger partial charge in [0.1, 0.15) is 6.29 Å². The standard InChI is InChI=1S/C19H18ClNO2S/c20-15-5-7-16(8-6-15)24-12-2-11-21-18-4-1-3-14(13-22)17(18)9-10-19(21)23/h1,3-8,13H,2,9-12H2. The number of anilines is 1. The maximum absolute atomic E-state index is 12.3. The van der Waals surface area contributed by atoms with E-state index in [1.807, 2.05) is 47.4 Å². The van der Waals surface area contributed by atoms with Crippen molar-refractivity contribution < 1.29 is 9.59 Å². The van der Waals surface area contributed by atoms with Gasteiger partial charge in [-0.2, -0.15) is 0 Å². The summed E-state index contributed by atoms with van der Waals surface area (Å²) >= 11 is 7.64. The lowest BCUT2D eigenvalue weighted by molar-refractivity contribution is -0.118. The second-order valence-corrected chi connectivity index (χ2v) is 7.27. The van der Waals surface area contributed by atoms with Gasteiger partial charge in [0.25, 0.3) is 0 Å². The summed E-state index contributed by atoms with van der Waals surface area (Å²) in [5.41, 5.74) is 2.59. The highest BCUT2D eigenvalue weighted by Crippen LogP contribution is 2.30. The zero-order valence-corrected chi connectivity index (χ0v) is 14.8. The largest absolute Gasteiger partial charge is 0.312 e. The van der Waals surface area contributed by atoms with Crippen LogP contribution in [0.25, 0.3) is 0 Å². The van der Waals surface area contributed by atoms with E-state index in [9.17, 15) is 9.59 Å². The van der Waals surface area contributed by atoms with Crippen molar-refractivity contribution in [2.45, 2.75) is 24.2 Å². The number of fused-ring (bicyclic) bond motifs is 1. The minimum Gasteiger partial charge on any atom is -0.312 e. The van der Waals surface area contributed by atoms with Crippen molar-refractivity contribution >= 4 is 41.2 Å². The van der Waals surface area contributed by atoms with Crippen LogP contribution in [0.5, 0.6) is 0 Å². The SMILES string of the molecule is O=Cc1cccc2c1CCC(=O)N2CCCSc1ccc(Cl)cc1. The zero-order valence-electron chi connectivity index (χ0n) is 13.2. The first kappa shape index (κ1) is 17.1. The second kappa shape index (κ2) is 7.86. The quantitative estimate of drug-likeness (QED) is 0.429. The number of hydrogen-bond acceptors (Lipinski definition) is 3. The lowest BCUT2D eigenvalue weighted by Gasteiger charge is -2.30. The molecule has 1 aliphatic heterocycles. The molecular formula is C19H18ClNO2S. The maximum Gasteiger partial charge on any atom is 0.227 e. The van der Waals surface area contributed by atoms with Crippen molar-refractivity contribution in [2.24, 2.45) is 0 Å². The Kier molecular flexibility index (Phi) is 5.59. The van der Waals surface area contributed by atoms with Crippen molar-refractivity contribution in [2.75, 3.05) is 17.2 Å². The molecule has 0 spiro atoms. The molecule has 0 radical (unpaired) electrons. The van der Waals surface area contributed by atoms with Crippen LogP contribution in [0.1, 0.15) is 28.8 Å². The van der Waals surface area contributed by atoms with E-state index in [4.69, 9.17) is 11.6 Å². The van der Waals surface area contributed by atoms with Crippen LogP contribution in [0.15, 0.2) is 47.4 Å². The molecule has 24 heavy (non-hydrogen) atoms. The van der Waals surface area contributed by atoms with Gasteiger partial charge in [-0.15, -0.1) is 11.8 Å². The summed E-state index contributed by atoms with van der Waals surface area (Å²) < 4.78 is 0. The fourth-order valence-corrected chi connectivity index (χ4v) is 3.88. The molecule has 2 aromatic carbocycles. The Morgan fingerprint density at radius 1 is 1.12 bits per heavy atom. The van der Waals surface area contributed by atoms with E-state index in [2.05, 4.69) is 0 Å². The predicted molar refractivity (Wildman–Crippen MR) is 99.3 cm³/mol. The third-order valence-corrected chi connectivity index (χ3v) is 5.45. The predicted octanol–water partition coefficient (Wildman–Crippen LogP) is 4.61. The van der Waals surface area contributed by atoms with Gasteiger partial charge in [0.05, 0.1) is 0 Å². The number of thioether (sulfide) groups is 1. The van der Waals surface area contributed by atoms with E-state index in [1.165, 1.54) is 4.90 Å². The number of nitrogens with zero attached hydrogens (tertiary/aromatic N) is 1. The molecule has 0 unspecified atom stereocenters. The van der Waals surface area contributed by atoms with Crippen LogP contribution in [-0.4, -0.2) is 24.5 Å². The van der Waals surface area contributed by atoms with Gasteiger partial charge < -0.3 is 4.90 Å². The Labute approximate surface area is 151 Å². The first-order chi connectivity index (χ1) is 11.7. The van der Waals surface area contributed by atoms with E-state index < -0.39 is 0 Å². The molecule has 0 fully saturated rings. The minimum absolute atomic E-state index is 0.141. The highest BCUT2D eigenvalue weighted by atomic mass is 35.5.